The summed E-state index contributed by atoms with van der Waals surface area (Å²) in [4.78, 5) is 16.0. The lowest BCUT2D eigenvalue weighted by Crippen LogP contribution is -2.04. The van der Waals surface area contributed by atoms with Crippen molar-refractivity contribution in [2.75, 3.05) is 0 Å². The summed E-state index contributed by atoms with van der Waals surface area (Å²) in [7, 11) is 0. The predicted octanol–water partition coefficient (Wildman–Crippen LogP) is 11.2. The fraction of sp³-hybridized carbons (Fsp3) is 0. The van der Waals surface area contributed by atoms with E-state index in [4.69, 9.17) is 15.0 Å². The van der Waals surface area contributed by atoms with E-state index < -0.39 is 0 Å². The largest absolute Gasteiger partial charge is 0.307 e. The van der Waals surface area contributed by atoms with Gasteiger partial charge in [-0.2, -0.15) is 0 Å². The Hall–Kier alpha value is -6.85. The molecule has 0 aliphatic carbocycles. The number of para-hydroxylation sites is 3. The van der Waals surface area contributed by atoms with Crippen LogP contribution in [0.2, 0.25) is 0 Å². The lowest BCUT2D eigenvalue weighted by atomic mass is 10.0. The zero-order chi connectivity index (χ0) is 32.8. The molecular formula is C45H27N5. The first-order valence-corrected chi connectivity index (χ1v) is 16.9. The van der Waals surface area contributed by atoms with Crippen molar-refractivity contribution in [3.8, 4) is 22.9 Å². The summed E-state index contributed by atoms with van der Waals surface area (Å²) in [6.45, 7) is 0. The first-order valence-electron chi connectivity index (χ1n) is 16.9. The van der Waals surface area contributed by atoms with Crippen molar-refractivity contribution in [3.05, 3.63) is 164 Å². The second-order valence-electron chi connectivity index (χ2n) is 12.8. The fourth-order valence-corrected chi connectivity index (χ4v) is 8.10. The van der Waals surface area contributed by atoms with Gasteiger partial charge in [-0.05, 0) is 47.2 Å². The van der Waals surface area contributed by atoms with E-state index in [0.717, 1.165) is 87.7 Å². The normalized spacial score (nSPS) is 12.0. The van der Waals surface area contributed by atoms with Crippen LogP contribution in [0.15, 0.2) is 164 Å². The van der Waals surface area contributed by atoms with E-state index in [-0.39, 0.29) is 0 Å². The first kappa shape index (κ1) is 27.1. The Morgan fingerprint density at radius 1 is 0.420 bits per heavy atom. The number of pyridine rings is 1. The number of hydrogen-bond acceptors (Lipinski definition) is 3. The van der Waals surface area contributed by atoms with Crippen molar-refractivity contribution in [3.63, 3.8) is 0 Å². The standard InChI is InChI=1S/C45H27N5/c1-3-15-29(16-4-1)41-39-31-19-8-7-14-28(31)25-26-35(39)47-45(48-41)50-37-24-12-9-20-32(37)38-34-22-13-27-46-42(34)44-40(43(38)50)33-21-10-11-23-36(33)49(44)30-17-5-2-6-18-30/h1-27H. The average molecular weight is 638 g/mol. The van der Waals surface area contributed by atoms with Gasteiger partial charge in [-0.15, -0.1) is 0 Å². The zero-order valence-corrected chi connectivity index (χ0v) is 26.8. The van der Waals surface area contributed by atoms with Gasteiger partial charge >= 0.3 is 0 Å². The van der Waals surface area contributed by atoms with Gasteiger partial charge in [-0.1, -0.05) is 121 Å². The van der Waals surface area contributed by atoms with Crippen LogP contribution in [0.5, 0.6) is 0 Å². The van der Waals surface area contributed by atoms with Crippen LogP contribution in [0.1, 0.15) is 0 Å². The number of aromatic nitrogens is 5. The zero-order valence-electron chi connectivity index (χ0n) is 26.8. The van der Waals surface area contributed by atoms with Crippen molar-refractivity contribution in [2.24, 2.45) is 0 Å². The van der Waals surface area contributed by atoms with Crippen LogP contribution in [0.25, 0.3) is 99.1 Å². The molecule has 0 N–H and O–H groups in total. The second-order valence-corrected chi connectivity index (χ2v) is 12.8. The van der Waals surface area contributed by atoms with Crippen molar-refractivity contribution in [1.82, 2.24) is 24.1 Å². The van der Waals surface area contributed by atoms with E-state index in [1.807, 2.05) is 12.3 Å². The summed E-state index contributed by atoms with van der Waals surface area (Å²) in [6.07, 6.45) is 1.91. The molecule has 0 radical (unpaired) electrons. The SMILES string of the molecule is c1ccc(-c2nc(-n3c4ccccc4c4c5cccnc5c5c(c6ccccc6n5-c5ccccc5)c43)nc3ccc4ccccc4c23)cc1. The number of nitrogens with zero attached hydrogens (tertiary/aromatic N) is 5. The lowest BCUT2D eigenvalue weighted by Gasteiger charge is -2.14. The third-order valence-electron chi connectivity index (χ3n) is 10.1. The minimum atomic E-state index is 0.638. The summed E-state index contributed by atoms with van der Waals surface area (Å²) in [6, 6.07) is 55.5. The maximum Gasteiger partial charge on any atom is 0.235 e. The van der Waals surface area contributed by atoms with Crippen molar-refractivity contribution in [2.45, 2.75) is 0 Å². The highest BCUT2D eigenvalue weighted by atomic mass is 15.2. The van der Waals surface area contributed by atoms with E-state index in [9.17, 15) is 0 Å². The van der Waals surface area contributed by atoms with Gasteiger partial charge < -0.3 is 4.57 Å². The molecule has 11 aromatic rings. The quantitative estimate of drug-likeness (QED) is 0.181. The molecule has 0 bridgehead atoms. The van der Waals surface area contributed by atoms with Gasteiger partial charge in [0.25, 0.3) is 0 Å². The number of benzene rings is 7. The van der Waals surface area contributed by atoms with Crippen LogP contribution in [0, 0.1) is 0 Å². The van der Waals surface area contributed by atoms with Crippen LogP contribution in [-0.2, 0) is 0 Å². The van der Waals surface area contributed by atoms with Crippen LogP contribution < -0.4 is 0 Å². The molecule has 0 saturated carbocycles. The monoisotopic (exact) mass is 637 g/mol. The van der Waals surface area contributed by atoms with Crippen molar-refractivity contribution >= 4 is 76.2 Å². The minimum absolute atomic E-state index is 0.638. The predicted molar refractivity (Wildman–Crippen MR) is 206 cm³/mol. The van der Waals surface area contributed by atoms with Gasteiger partial charge in [0.15, 0.2) is 0 Å². The molecule has 5 nitrogen and oxygen atoms in total. The minimum Gasteiger partial charge on any atom is -0.307 e. The van der Waals surface area contributed by atoms with E-state index in [1.54, 1.807) is 0 Å². The molecule has 4 aromatic heterocycles. The molecule has 0 amide bonds. The molecule has 4 heterocycles. The van der Waals surface area contributed by atoms with Gasteiger partial charge in [0.2, 0.25) is 5.95 Å². The van der Waals surface area contributed by atoms with Crippen LogP contribution >= 0.6 is 0 Å². The maximum absolute atomic E-state index is 5.53. The third-order valence-corrected chi connectivity index (χ3v) is 10.1. The van der Waals surface area contributed by atoms with Gasteiger partial charge in [-0.25, -0.2) is 9.97 Å². The fourth-order valence-electron chi connectivity index (χ4n) is 8.10. The molecule has 0 spiro atoms. The second kappa shape index (κ2) is 10.3. The van der Waals surface area contributed by atoms with E-state index in [2.05, 4.69) is 161 Å². The highest BCUT2D eigenvalue weighted by molar-refractivity contribution is 6.36. The number of fused-ring (bicyclic) bond motifs is 13. The Labute approximate surface area is 286 Å². The highest BCUT2D eigenvalue weighted by Gasteiger charge is 2.26. The number of rotatable bonds is 3. The lowest BCUT2D eigenvalue weighted by molar-refractivity contribution is 1.02. The van der Waals surface area contributed by atoms with E-state index in [0.29, 0.717) is 5.95 Å². The van der Waals surface area contributed by atoms with Crippen LogP contribution in [0.3, 0.4) is 0 Å². The number of hydrogen-bond donors (Lipinski definition) is 0. The molecule has 0 saturated heterocycles. The van der Waals surface area contributed by atoms with Gasteiger partial charge in [-0.3, -0.25) is 9.55 Å². The summed E-state index contributed by atoms with van der Waals surface area (Å²) < 4.78 is 4.66. The van der Waals surface area contributed by atoms with Gasteiger partial charge in [0, 0.05) is 49.8 Å². The molecule has 0 fully saturated rings. The molecular weight excluding hydrogens is 611 g/mol. The van der Waals surface area contributed by atoms with E-state index in [1.165, 1.54) is 5.39 Å². The van der Waals surface area contributed by atoms with Gasteiger partial charge in [0.05, 0.1) is 38.8 Å². The average Bonchev–Trinajstić information content (AvgIpc) is 3.72. The summed E-state index contributed by atoms with van der Waals surface area (Å²) in [5.41, 5.74) is 9.26. The van der Waals surface area contributed by atoms with Crippen molar-refractivity contribution in [1.29, 1.82) is 0 Å². The molecule has 232 valence electrons. The van der Waals surface area contributed by atoms with Crippen LogP contribution in [0.4, 0.5) is 0 Å². The first-order chi connectivity index (χ1) is 24.8. The Kier molecular flexibility index (Phi) is 5.60. The van der Waals surface area contributed by atoms with Gasteiger partial charge in [0.1, 0.15) is 0 Å². The Balaban J connectivity index is 1.40. The topological polar surface area (TPSA) is 48.5 Å². The van der Waals surface area contributed by atoms with Crippen LogP contribution in [-0.4, -0.2) is 24.1 Å². The Morgan fingerprint density at radius 3 is 1.86 bits per heavy atom. The molecule has 11 rings (SSSR count). The molecule has 5 heteroatoms. The maximum atomic E-state index is 5.53. The smallest absolute Gasteiger partial charge is 0.235 e. The molecule has 0 unspecified atom stereocenters. The molecule has 7 aromatic carbocycles. The molecule has 50 heavy (non-hydrogen) atoms. The summed E-state index contributed by atoms with van der Waals surface area (Å²) in [5, 5.41) is 9.04. The molecule has 0 aliphatic rings. The third kappa shape index (κ3) is 3.69. The van der Waals surface area contributed by atoms with Crippen molar-refractivity contribution < 1.29 is 0 Å². The molecule has 0 aliphatic heterocycles. The summed E-state index contributed by atoms with van der Waals surface area (Å²) >= 11 is 0. The Bertz CT molecular complexity index is 3140. The highest BCUT2D eigenvalue weighted by Crippen LogP contribution is 2.46. The Morgan fingerprint density at radius 2 is 1.06 bits per heavy atom. The molecule has 0 atom stereocenters. The summed E-state index contributed by atoms with van der Waals surface area (Å²) in [5.74, 6) is 0.638. The van der Waals surface area contributed by atoms with E-state index >= 15 is 0 Å².